The maximum Gasteiger partial charge on any atom is 0.145 e. The molecule has 0 amide bonds. The Labute approximate surface area is 95.1 Å². The number of anilines is 1. The van der Waals surface area contributed by atoms with E-state index in [1.165, 1.54) is 5.56 Å². The highest BCUT2D eigenvalue weighted by Gasteiger charge is 2.03. The number of hydrogen-bond donors (Lipinski definition) is 2. The maximum absolute atomic E-state index is 5.55. The SMILES string of the molecule is CN(Cc1ccccc1)Cc1cc(N)n[nH]1. The van der Waals surface area contributed by atoms with Gasteiger partial charge < -0.3 is 5.73 Å². The molecule has 4 heteroatoms. The molecule has 0 aliphatic heterocycles. The third kappa shape index (κ3) is 2.84. The Morgan fingerprint density at radius 3 is 2.62 bits per heavy atom. The minimum Gasteiger partial charge on any atom is -0.382 e. The summed E-state index contributed by atoms with van der Waals surface area (Å²) >= 11 is 0. The van der Waals surface area contributed by atoms with Gasteiger partial charge in [-0.1, -0.05) is 30.3 Å². The number of nitrogens with zero attached hydrogens (tertiary/aromatic N) is 2. The number of H-pyrrole nitrogens is 1. The third-order valence-corrected chi connectivity index (χ3v) is 2.39. The molecule has 1 aromatic heterocycles. The van der Waals surface area contributed by atoms with Crippen LogP contribution < -0.4 is 5.73 Å². The van der Waals surface area contributed by atoms with Gasteiger partial charge in [0, 0.05) is 19.2 Å². The van der Waals surface area contributed by atoms with Crippen LogP contribution in [0.25, 0.3) is 0 Å². The molecule has 84 valence electrons. The Bertz CT molecular complexity index is 435. The van der Waals surface area contributed by atoms with E-state index in [0.29, 0.717) is 5.82 Å². The molecule has 0 aliphatic carbocycles. The van der Waals surface area contributed by atoms with Crippen molar-refractivity contribution in [3.8, 4) is 0 Å². The highest BCUT2D eigenvalue weighted by molar-refractivity contribution is 5.28. The van der Waals surface area contributed by atoms with Crippen molar-refractivity contribution < 1.29 is 0 Å². The number of benzene rings is 1. The van der Waals surface area contributed by atoms with Gasteiger partial charge in [0.25, 0.3) is 0 Å². The van der Waals surface area contributed by atoms with E-state index in [1.54, 1.807) is 0 Å². The average Bonchev–Trinajstić information content (AvgIpc) is 2.65. The second-order valence-electron chi connectivity index (χ2n) is 3.98. The van der Waals surface area contributed by atoms with Crippen LogP contribution in [0.2, 0.25) is 0 Å². The Hall–Kier alpha value is -1.81. The van der Waals surface area contributed by atoms with Crippen molar-refractivity contribution in [1.82, 2.24) is 15.1 Å². The van der Waals surface area contributed by atoms with Crippen LogP contribution in [0.1, 0.15) is 11.3 Å². The molecule has 0 bridgehead atoms. The number of hydrogen-bond acceptors (Lipinski definition) is 3. The highest BCUT2D eigenvalue weighted by atomic mass is 15.2. The van der Waals surface area contributed by atoms with Crippen molar-refractivity contribution in [3.63, 3.8) is 0 Å². The van der Waals surface area contributed by atoms with E-state index in [9.17, 15) is 0 Å². The second kappa shape index (κ2) is 4.81. The lowest BCUT2D eigenvalue weighted by atomic mass is 10.2. The monoisotopic (exact) mass is 216 g/mol. The summed E-state index contributed by atoms with van der Waals surface area (Å²) in [7, 11) is 2.07. The van der Waals surface area contributed by atoms with Crippen LogP contribution in [-0.2, 0) is 13.1 Å². The van der Waals surface area contributed by atoms with Gasteiger partial charge in [-0.3, -0.25) is 10.00 Å². The molecule has 0 fully saturated rings. The summed E-state index contributed by atoms with van der Waals surface area (Å²) in [6.45, 7) is 1.73. The van der Waals surface area contributed by atoms with Crippen LogP contribution in [0.15, 0.2) is 36.4 Å². The zero-order chi connectivity index (χ0) is 11.4. The zero-order valence-corrected chi connectivity index (χ0v) is 9.35. The molecule has 1 aromatic carbocycles. The van der Waals surface area contributed by atoms with E-state index in [2.05, 4.69) is 46.4 Å². The highest BCUT2D eigenvalue weighted by Crippen LogP contribution is 2.07. The summed E-state index contributed by atoms with van der Waals surface area (Å²) in [5.74, 6) is 0.545. The number of aromatic amines is 1. The molecule has 0 aliphatic rings. The summed E-state index contributed by atoms with van der Waals surface area (Å²) in [4.78, 5) is 2.21. The van der Waals surface area contributed by atoms with E-state index in [-0.39, 0.29) is 0 Å². The fourth-order valence-electron chi connectivity index (χ4n) is 1.70. The summed E-state index contributed by atoms with van der Waals surface area (Å²) in [5.41, 5.74) is 7.89. The molecule has 0 atom stereocenters. The molecular weight excluding hydrogens is 200 g/mol. The summed E-state index contributed by atoms with van der Waals surface area (Å²) in [6.07, 6.45) is 0. The zero-order valence-electron chi connectivity index (χ0n) is 9.35. The van der Waals surface area contributed by atoms with Crippen molar-refractivity contribution in [1.29, 1.82) is 0 Å². The number of nitrogens with one attached hydrogen (secondary N) is 1. The lowest BCUT2D eigenvalue weighted by Gasteiger charge is -2.15. The lowest BCUT2D eigenvalue weighted by Crippen LogP contribution is -2.17. The van der Waals surface area contributed by atoms with Gasteiger partial charge in [0.15, 0.2) is 0 Å². The smallest absolute Gasteiger partial charge is 0.145 e. The van der Waals surface area contributed by atoms with Gasteiger partial charge in [-0.15, -0.1) is 0 Å². The van der Waals surface area contributed by atoms with Crippen LogP contribution in [0.3, 0.4) is 0 Å². The van der Waals surface area contributed by atoms with Gasteiger partial charge in [-0.25, -0.2) is 0 Å². The maximum atomic E-state index is 5.55. The van der Waals surface area contributed by atoms with Gasteiger partial charge >= 0.3 is 0 Å². The first kappa shape index (κ1) is 10.7. The van der Waals surface area contributed by atoms with Crippen LogP contribution in [0.4, 0.5) is 5.82 Å². The second-order valence-corrected chi connectivity index (χ2v) is 3.98. The van der Waals surface area contributed by atoms with E-state index in [0.717, 1.165) is 18.8 Å². The van der Waals surface area contributed by atoms with Gasteiger partial charge in [0.1, 0.15) is 5.82 Å². The van der Waals surface area contributed by atoms with Crippen molar-refractivity contribution in [2.45, 2.75) is 13.1 Å². The first-order valence-corrected chi connectivity index (χ1v) is 5.26. The summed E-state index contributed by atoms with van der Waals surface area (Å²) < 4.78 is 0. The molecular formula is C12H16N4. The van der Waals surface area contributed by atoms with Gasteiger partial charge in [0.2, 0.25) is 0 Å². The van der Waals surface area contributed by atoms with Gasteiger partial charge in [-0.05, 0) is 12.6 Å². The number of nitrogen functional groups attached to an aromatic ring is 1. The van der Waals surface area contributed by atoms with Gasteiger partial charge in [0.05, 0.1) is 5.69 Å². The Balaban J connectivity index is 1.92. The molecule has 3 N–H and O–H groups in total. The van der Waals surface area contributed by atoms with E-state index in [4.69, 9.17) is 5.73 Å². The number of rotatable bonds is 4. The molecule has 16 heavy (non-hydrogen) atoms. The number of nitrogens with two attached hydrogens (primary N) is 1. The standard InChI is InChI=1S/C12H16N4/c1-16(8-10-5-3-2-4-6-10)9-11-7-12(13)15-14-11/h2-7H,8-9H2,1H3,(H3,13,14,15). The predicted molar refractivity (Wildman–Crippen MR) is 64.6 cm³/mol. The normalized spacial score (nSPS) is 10.9. The Kier molecular flexibility index (Phi) is 3.22. The molecule has 2 aromatic rings. The fraction of sp³-hybridized carbons (Fsp3) is 0.250. The van der Waals surface area contributed by atoms with Crippen LogP contribution >= 0.6 is 0 Å². The van der Waals surface area contributed by atoms with Crippen LogP contribution in [0, 0.1) is 0 Å². The largest absolute Gasteiger partial charge is 0.382 e. The summed E-state index contributed by atoms with van der Waals surface area (Å²) in [5, 5.41) is 6.81. The van der Waals surface area contributed by atoms with E-state index < -0.39 is 0 Å². The van der Waals surface area contributed by atoms with Crippen LogP contribution in [-0.4, -0.2) is 22.1 Å². The predicted octanol–water partition coefficient (Wildman–Crippen LogP) is 1.62. The quantitative estimate of drug-likeness (QED) is 0.816. The molecule has 2 rings (SSSR count). The van der Waals surface area contributed by atoms with Gasteiger partial charge in [-0.2, -0.15) is 5.10 Å². The fourth-order valence-corrected chi connectivity index (χ4v) is 1.70. The summed E-state index contributed by atoms with van der Waals surface area (Å²) in [6, 6.07) is 12.2. The van der Waals surface area contributed by atoms with Crippen LogP contribution in [0.5, 0.6) is 0 Å². The molecule has 0 saturated heterocycles. The van der Waals surface area contributed by atoms with Crippen molar-refractivity contribution in [2.24, 2.45) is 0 Å². The first-order chi connectivity index (χ1) is 7.74. The molecule has 0 saturated carbocycles. The molecule has 0 unspecified atom stereocenters. The van der Waals surface area contributed by atoms with Crippen molar-refractivity contribution in [3.05, 3.63) is 47.7 Å². The molecule has 4 nitrogen and oxygen atoms in total. The first-order valence-electron chi connectivity index (χ1n) is 5.26. The number of aromatic nitrogens is 2. The average molecular weight is 216 g/mol. The Morgan fingerprint density at radius 2 is 2.00 bits per heavy atom. The lowest BCUT2D eigenvalue weighted by molar-refractivity contribution is 0.315. The van der Waals surface area contributed by atoms with E-state index >= 15 is 0 Å². The molecule has 1 heterocycles. The topological polar surface area (TPSA) is 57.9 Å². The Morgan fingerprint density at radius 1 is 1.25 bits per heavy atom. The minimum atomic E-state index is 0.545. The third-order valence-electron chi connectivity index (χ3n) is 2.39. The minimum absolute atomic E-state index is 0.545. The van der Waals surface area contributed by atoms with E-state index in [1.807, 2.05) is 12.1 Å². The molecule has 0 spiro atoms. The molecule has 0 radical (unpaired) electrons. The van der Waals surface area contributed by atoms with Crippen molar-refractivity contribution in [2.75, 3.05) is 12.8 Å². The van der Waals surface area contributed by atoms with Crippen molar-refractivity contribution >= 4 is 5.82 Å².